The highest BCUT2D eigenvalue weighted by atomic mass is 79.9. The molecule has 1 unspecified atom stereocenters. The quantitative estimate of drug-likeness (QED) is 0.432. The number of aryl methyl sites for hydroxylation is 1. The lowest BCUT2D eigenvalue weighted by molar-refractivity contribution is -0.122. The van der Waals surface area contributed by atoms with Crippen LogP contribution in [0.15, 0.2) is 63.9 Å². The van der Waals surface area contributed by atoms with Crippen LogP contribution in [0.1, 0.15) is 37.3 Å². The van der Waals surface area contributed by atoms with Crippen LogP contribution in [0.3, 0.4) is 0 Å². The number of hydrogen-bond acceptors (Lipinski definition) is 5. The molecule has 0 aromatic heterocycles. The number of allylic oxidation sites excluding steroid dienone is 2. The first-order valence-electron chi connectivity index (χ1n) is 11.8. The summed E-state index contributed by atoms with van der Waals surface area (Å²) in [5.41, 5.74) is 3.91. The molecule has 0 radical (unpaired) electrons. The third-order valence-corrected chi connectivity index (χ3v) is 7.55. The summed E-state index contributed by atoms with van der Waals surface area (Å²) in [6, 6.07) is 12.4. The Bertz CT molecular complexity index is 1290. The first-order valence-corrected chi connectivity index (χ1v) is 12.9. The van der Waals surface area contributed by atoms with Crippen molar-refractivity contribution in [2.45, 2.75) is 38.6 Å². The van der Waals surface area contributed by atoms with Crippen LogP contribution in [0.4, 0.5) is 5.69 Å². The van der Waals surface area contributed by atoms with E-state index in [9.17, 15) is 14.4 Å². The molecule has 3 fully saturated rings. The van der Waals surface area contributed by atoms with Crippen molar-refractivity contribution in [3.63, 3.8) is 0 Å². The lowest BCUT2D eigenvalue weighted by atomic mass is 10.1. The second-order valence-electron chi connectivity index (χ2n) is 8.91. The summed E-state index contributed by atoms with van der Waals surface area (Å²) < 4.78 is 0.909. The molecule has 35 heavy (non-hydrogen) atoms. The highest BCUT2D eigenvalue weighted by Crippen LogP contribution is 2.36. The van der Waals surface area contributed by atoms with Crippen LogP contribution in [0.2, 0.25) is 5.02 Å². The van der Waals surface area contributed by atoms with Gasteiger partial charge in [-0.25, -0.2) is 4.90 Å². The topological polar surface area (TPSA) is 69.7 Å². The van der Waals surface area contributed by atoms with Gasteiger partial charge in [-0.1, -0.05) is 46.6 Å². The van der Waals surface area contributed by atoms with Gasteiger partial charge in [0.15, 0.2) is 5.78 Å². The number of Topliss-reactive ketones (excluding diaryl/α,β-unsaturated/α-hetero) is 1. The number of nitrogens with zero attached hydrogens (tertiary/aromatic N) is 2. The molecule has 2 saturated heterocycles. The number of carbonyl (C=O) groups is 3. The Morgan fingerprint density at radius 2 is 1.89 bits per heavy atom. The van der Waals surface area contributed by atoms with Crippen LogP contribution in [0.5, 0.6) is 0 Å². The fourth-order valence-electron chi connectivity index (χ4n) is 5.07. The third-order valence-electron chi connectivity index (χ3n) is 6.80. The zero-order valence-corrected chi connectivity index (χ0v) is 21.7. The minimum atomic E-state index is -0.620. The Morgan fingerprint density at radius 3 is 2.63 bits per heavy atom. The monoisotopic (exact) mass is 553 g/mol. The summed E-state index contributed by atoms with van der Waals surface area (Å²) in [6.45, 7) is 3.20. The molecule has 1 aliphatic carbocycles. The standard InChI is InChI=1S/C27H25BrClN3O3/c1-2-17-14-19(28)6-10-22(17)32-24(33)15-23(27(32)35)31-12-11-30-26(31)21-9-5-18(25(21)34)13-16-3-7-20(29)8-4-16/h3-4,6-8,10,13-14,23,30H,2,5,9,11-12,15H2,1H3/b18-13+,26-21-. The van der Waals surface area contributed by atoms with Crippen molar-refractivity contribution < 1.29 is 14.4 Å². The van der Waals surface area contributed by atoms with E-state index in [2.05, 4.69) is 21.2 Å². The van der Waals surface area contributed by atoms with Gasteiger partial charge in [-0.3, -0.25) is 14.4 Å². The molecule has 0 spiro atoms. The highest BCUT2D eigenvalue weighted by molar-refractivity contribution is 9.10. The SMILES string of the molecule is CCc1cc(Br)ccc1N1C(=O)CC(N2CCN/C2=C2\CC/C(=C\c3ccc(Cl)cc3)C2=O)C1=O. The van der Waals surface area contributed by atoms with Gasteiger partial charge in [0.05, 0.1) is 12.1 Å². The largest absolute Gasteiger partial charge is 0.370 e. The number of benzene rings is 2. The highest BCUT2D eigenvalue weighted by Gasteiger charge is 2.46. The molecule has 2 amide bonds. The van der Waals surface area contributed by atoms with E-state index in [1.807, 2.05) is 48.2 Å². The number of carbonyl (C=O) groups excluding carboxylic acids is 3. The van der Waals surface area contributed by atoms with E-state index in [1.165, 1.54) is 4.90 Å². The Labute approximate surface area is 217 Å². The maximum Gasteiger partial charge on any atom is 0.257 e. The van der Waals surface area contributed by atoms with Gasteiger partial charge in [0, 0.05) is 33.7 Å². The van der Waals surface area contributed by atoms with Crippen molar-refractivity contribution in [3.8, 4) is 0 Å². The van der Waals surface area contributed by atoms with Gasteiger partial charge in [-0.05, 0) is 66.8 Å². The van der Waals surface area contributed by atoms with Gasteiger partial charge < -0.3 is 10.2 Å². The van der Waals surface area contributed by atoms with E-state index in [0.717, 1.165) is 21.2 Å². The molecule has 8 heteroatoms. The number of amides is 2. The average molecular weight is 555 g/mol. The van der Waals surface area contributed by atoms with Crippen LogP contribution in [-0.2, 0) is 20.8 Å². The Kier molecular flexibility index (Phi) is 6.55. The number of ketones is 1. The fourth-order valence-corrected chi connectivity index (χ4v) is 5.61. The summed E-state index contributed by atoms with van der Waals surface area (Å²) in [7, 11) is 0. The molecule has 2 aliphatic heterocycles. The Morgan fingerprint density at radius 1 is 1.11 bits per heavy atom. The first-order chi connectivity index (χ1) is 16.9. The van der Waals surface area contributed by atoms with Gasteiger partial charge in [-0.2, -0.15) is 0 Å². The number of hydrogen-bond donors (Lipinski definition) is 1. The number of anilines is 1. The van der Waals surface area contributed by atoms with E-state index >= 15 is 0 Å². The first kappa shape index (κ1) is 23.8. The number of rotatable bonds is 4. The van der Waals surface area contributed by atoms with Gasteiger partial charge >= 0.3 is 0 Å². The Hall–Kier alpha value is -2.90. The van der Waals surface area contributed by atoms with Gasteiger partial charge in [0.1, 0.15) is 11.9 Å². The predicted octanol–water partition coefficient (Wildman–Crippen LogP) is 4.86. The minimum Gasteiger partial charge on any atom is -0.370 e. The fraction of sp³-hybridized carbons (Fsp3) is 0.296. The molecule has 1 atom stereocenters. The number of imide groups is 1. The molecule has 0 bridgehead atoms. The van der Waals surface area contributed by atoms with Crippen LogP contribution in [0.25, 0.3) is 6.08 Å². The van der Waals surface area contributed by atoms with E-state index in [4.69, 9.17) is 11.6 Å². The van der Waals surface area contributed by atoms with Crippen LogP contribution in [0, 0.1) is 0 Å². The maximum absolute atomic E-state index is 13.5. The molecule has 1 N–H and O–H groups in total. The summed E-state index contributed by atoms with van der Waals surface area (Å²) in [5, 5.41) is 3.97. The summed E-state index contributed by atoms with van der Waals surface area (Å²) in [6.07, 6.45) is 3.93. The Balaban J connectivity index is 1.42. The number of halogens is 2. The second-order valence-corrected chi connectivity index (χ2v) is 10.3. The van der Waals surface area contributed by atoms with Crippen LogP contribution < -0.4 is 10.2 Å². The molecule has 3 aliphatic rings. The molecular formula is C27H25BrClN3O3. The van der Waals surface area contributed by atoms with Gasteiger partial charge in [-0.15, -0.1) is 0 Å². The van der Waals surface area contributed by atoms with Crippen molar-refractivity contribution in [3.05, 3.63) is 80.1 Å². The normalized spacial score (nSPS) is 23.7. The molecule has 6 nitrogen and oxygen atoms in total. The summed E-state index contributed by atoms with van der Waals surface area (Å²) in [4.78, 5) is 43.1. The zero-order chi connectivity index (χ0) is 24.7. The lowest BCUT2D eigenvalue weighted by Crippen LogP contribution is -2.41. The van der Waals surface area contributed by atoms with Crippen LogP contribution in [-0.4, -0.2) is 41.6 Å². The van der Waals surface area contributed by atoms with Crippen molar-refractivity contribution >= 4 is 56.9 Å². The predicted molar refractivity (Wildman–Crippen MR) is 140 cm³/mol. The molecular weight excluding hydrogens is 530 g/mol. The van der Waals surface area contributed by atoms with E-state index in [1.54, 1.807) is 12.1 Å². The molecule has 180 valence electrons. The smallest absolute Gasteiger partial charge is 0.257 e. The molecule has 5 rings (SSSR count). The summed E-state index contributed by atoms with van der Waals surface area (Å²) >= 11 is 9.44. The maximum atomic E-state index is 13.5. The van der Waals surface area contributed by atoms with Gasteiger partial charge in [0.2, 0.25) is 5.91 Å². The molecule has 2 aromatic rings. The van der Waals surface area contributed by atoms with E-state index in [0.29, 0.717) is 54.5 Å². The van der Waals surface area contributed by atoms with Crippen molar-refractivity contribution in [2.24, 2.45) is 0 Å². The van der Waals surface area contributed by atoms with Crippen molar-refractivity contribution in [2.75, 3.05) is 18.0 Å². The van der Waals surface area contributed by atoms with Crippen LogP contribution >= 0.6 is 27.5 Å². The van der Waals surface area contributed by atoms with E-state index in [-0.39, 0.29) is 24.0 Å². The minimum absolute atomic E-state index is 0.0100. The molecule has 1 saturated carbocycles. The summed E-state index contributed by atoms with van der Waals surface area (Å²) in [5.74, 6) is 0.226. The van der Waals surface area contributed by atoms with Crippen molar-refractivity contribution in [1.29, 1.82) is 0 Å². The van der Waals surface area contributed by atoms with Gasteiger partial charge in [0.25, 0.3) is 5.91 Å². The second kappa shape index (κ2) is 9.63. The molecule has 2 heterocycles. The van der Waals surface area contributed by atoms with Crippen molar-refractivity contribution in [1.82, 2.24) is 10.2 Å². The lowest BCUT2D eigenvalue weighted by Gasteiger charge is -2.26. The molecule has 2 aromatic carbocycles. The average Bonchev–Trinajstić information content (AvgIpc) is 3.53. The number of nitrogens with one attached hydrogen (secondary N) is 1. The zero-order valence-electron chi connectivity index (χ0n) is 19.3. The third kappa shape index (κ3) is 4.43. The van der Waals surface area contributed by atoms with E-state index < -0.39 is 6.04 Å².